The van der Waals surface area contributed by atoms with Crippen LogP contribution in [-0.2, 0) is 10.2 Å². The second-order valence-corrected chi connectivity index (χ2v) is 11.3. The fourth-order valence-corrected chi connectivity index (χ4v) is 7.47. The van der Waals surface area contributed by atoms with Crippen LogP contribution in [0.3, 0.4) is 0 Å². The number of para-hydroxylation sites is 2. The SMILES string of the molecule is O=C(c1ccccc1Cl)[C@H]1[C@H](C(=O)c2cc3ccccc3o2)[C@@]2(C(=O)Nc3ccccc32)[C@H]2c3ccccc3C=CN12. The van der Waals surface area contributed by atoms with E-state index >= 15 is 0 Å². The van der Waals surface area contributed by atoms with Gasteiger partial charge >= 0.3 is 0 Å². The van der Waals surface area contributed by atoms with Crippen molar-refractivity contribution in [3.05, 3.63) is 142 Å². The Morgan fingerprint density at radius 3 is 2.45 bits per heavy atom. The molecule has 1 aromatic heterocycles. The van der Waals surface area contributed by atoms with Crippen LogP contribution in [0.4, 0.5) is 5.69 Å². The van der Waals surface area contributed by atoms with Gasteiger partial charge in [-0.2, -0.15) is 0 Å². The highest BCUT2D eigenvalue weighted by Gasteiger charge is 2.71. The molecule has 3 aliphatic heterocycles. The Labute approximate surface area is 246 Å². The molecule has 6 nitrogen and oxygen atoms in total. The molecule has 0 saturated carbocycles. The average Bonchev–Trinajstić information content (AvgIpc) is 3.68. The summed E-state index contributed by atoms with van der Waals surface area (Å²) in [6.07, 6.45) is 3.77. The van der Waals surface area contributed by atoms with E-state index in [0.29, 0.717) is 22.4 Å². The summed E-state index contributed by atoms with van der Waals surface area (Å²) in [6.45, 7) is 0. The van der Waals surface area contributed by atoms with Gasteiger partial charge in [0.2, 0.25) is 11.7 Å². The largest absolute Gasteiger partial charge is 0.453 e. The summed E-state index contributed by atoms with van der Waals surface area (Å²) in [4.78, 5) is 46.0. The summed E-state index contributed by atoms with van der Waals surface area (Å²) < 4.78 is 6.09. The monoisotopic (exact) mass is 570 g/mol. The van der Waals surface area contributed by atoms with Gasteiger partial charge in [0.15, 0.2) is 11.5 Å². The standard InChI is InChI=1S/C35H23ClN2O4/c36-25-14-6-4-12-23(25)31(39)30-29(32(40)28-19-21-10-2-8-16-27(21)42-28)35(24-13-5-7-15-26(24)37-34(35)41)33-22-11-3-1-9-20(22)17-18-38(30)33/h1-19,29-30,33H,(H,37,41)/t29-,30-,33-,35-/m1/s1. The molecule has 1 saturated heterocycles. The van der Waals surface area contributed by atoms with Gasteiger partial charge in [0.1, 0.15) is 17.0 Å². The molecule has 0 radical (unpaired) electrons. The highest BCUT2D eigenvalue weighted by Crippen LogP contribution is 2.62. The van der Waals surface area contributed by atoms with E-state index in [0.717, 1.165) is 16.5 Å². The van der Waals surface area contributed by atoms with Gasteiger partial charge in [0, 0.05) is 22.8 Å². The molecule has 3 aliphatic rings. The Kier molecular flexibility index (Phi) is 5.34. The first-order chi connectivity index (χ1) is 20.5. The van der Waals surface area contributed by atoms with Crippen molar-refractivity contribution in [1.29, 1.82) is 0 Å². The highest BCUT2D eigenvalue weighted by atomic mass is 35.5. The number of carbonyl (C=O) groups is 3. The van der Waals surface area contributed by atoms with Crippen molar-refractivity contribution < 1.29 is 18.8 Å². The third-order valence-electron chi connectivity index (χ3n) is 8.93. The second kappa shape index (κ2) is 9.03. The molecule has 1 amide bonds. The van der Waals surface area contributed by atoms with Crippen molar-refractivity contribution in [2.24, 2.45) is 5.92 Å². The zero-order valence-electron chi connectivity index (χ0n) is 22.2. The van der Waals surface area contributed by atoms with Gasteiger partial charge in [0.05, 0.1) is 17.0 Å². The van der Waals surface area contributed by atoms with Gasteiger partial charge in [0.25, 0.3) is 0 Å². The zero-order valence-corrected chi connectivity index (χ0v) is 22.9. The van der Waals surface area contributed by atoms with Gasteiger partial charge in [-0.05, 0) is 53.1 Å². The molecule has 4 atom stereocenters. The number of ketones is 2. The van der Waals surface area contributed by atoms with Crippen molar-refractivity contribution in [2.45, 2.75) is 17.5 Å². The third-order valence-corrected chi connectivity index (χ3v) is 9.26. The van der Waals surface area contributed by atoms with Gasteiger partial charge in [-0.1, -0.05) is 84.4 Å². The quantitative estimate of drug-likeness (QED) is 0.234. The molecule has 0 unspecified atom stereocenters. The molecule has 42 heavy (non-hydrogen) atoms. The highest BCUT2D eigenvalue weighted by molar-refractivity contribution is 6.34. The first-order valence-corrected chi connectivity index (χ1v) is 14.1. The molecule has 4 heterocycles. The molecule has 0 bridgehead atoms. The van der Waals surface area contributed by atoms with Gasteiger partial charge < -0.3 is 14.6 Å². The lowest BCUT2D eigenvalue weighted by molar-refractivity contribution is -0.122. The summed E-state index contributed by atoms with van der Waals surface area (Å²) in [7, 11) is 0. The Balaban J connectivity index is 1.44. The van der Waals surface area contributed by atoms with Crippen LogP contribution in [0, 0.1) is 5.92 Å². The molecule has 8 rings (SSSR count). The number of hydrogen-bond acceptors (Lipinski definition) is 5. The van der Waals surface area contributed by atoms with Crippen LogP contribution in [0.25, 0.3) is 17.0 Å². The maximum Gasteiger partial charge on any atom is 0.238 e. The van der Waals surface area contributed by atoms with Gasteiger partial charge in [-0.3, -0.25) is 14.4 Å². The van der Waals surface area contributed by atoms with Crippen LogP contribution in [0.2, 0.25) is 5.02 Å². The molecule has 1 spiro atoms. The van der Waals surface area contributed by atoms with Crippen molar-refractivity contribution in [3.8, 4) is 0 Å². The topological polar surface area (TPSA) is 79.6 Å². The van der Waals surface area contributed by atoms with Crippen molar-refractivity contribution in [1.82, 2.24) is 4.90 Å². The van der Waals surface area contributed by atoms with E-state index < -0.39 is 29.2 Å². The molecular formula is C35H23ClN2O4. The lowest BCUT2D eigenvalue weighted by atomic mass is 9.63. The molecule has 0 aliphatic carbocycles. The van der Waals surface area contributed by atoms with E-state index in [9.17, 15) is 14.4 Å². The lowest BCUT2D eigenvalue weighted by Gasteiger charge is -2.38. The van der Waals surface area contributed by atoms with Crippen molar-refractivity contribution in [3.63, 3.8) is 0 Å². The zero-order chi connectivity index (χ0) is 28.6. The normalized spacial score (nSPS) is 23.5. The first kappa shape index (κ1) is 24.8. The second-order valence-electron chi connectivity index (χ2n) is 10.9. The predicted octanol–water partition coefficient (Wildman–Crippen LogP) is 7.07. The van der Waals surface area contributed by atoms with Crippen LogP contribution >= 0.6 is 11.6 Å². The Morgan fingerprint density at radius 2 is 1.60 bits per heavy atom. The van der Waals surface area contributed by atoms with Crippen LogP contribution < -0.4 is 5.32 Å². The first-order valence-electron chi connectivity index (χ1n) is 13.8. The van der Waals surface area contributed by atoms with Crippen LogP contribution in [0.5, 0.6) is 0 Å². The number of hydrogen-bond donors (Lipinski definition) is 1. The number of carbonyl (C=O) groups excluding carboxylic acids is 3. The summed E-state index contributed by atoms with van der Waals surface area (Å²) in [5.74, 6) is -2.10. The fourth-order valence-electron chi connectivity index (χ4n) is 7.24. The summed E-state index contributed by atoms with van der Waals surface area (Å²) in [5.41, 5.74) is 2.51. The minimum atomic E-state index is -1.44. The average molecular weight is 571 g/mol. The number of benzene rings is 4. The van der Waals surface area contributed by atoms with E-state index in [-0.39, 0.29) is 22.5 Å². The van der Waals surface area contributed by atoms with E-state index in [2.05, 4.69) is 5.32 Å². The molecule has 1 N–H and O–H groups in total. The third kappa shape index (κ3) is 3.24. The van der Waals surface area contributed by atoms with Crippen LogP contribution in [0.15, 0.2) is 114 Å². The van der Waals surface area contributed by atoms with Crippen LogP contribution in [-0.4, -0.2) is 28.4 Å². The number of anilines is 1. The molecule has 4 aromatic carbocycles. The number of halogens is 1. The minimum absolute atomic E-state index is 0.104. The van der Waals surface area contributed by atoms with Gasteiger partial charge in [-0.15, -0.1) is 0 Å². The van der Waals surface area contributed by atoms with Crippen LogP contribution in [0.1, 0.15) is 43.6 Å². The van der Waals surface area contributed by atoms with E-state index in [1.54, 1.807) is 36.4 Å². The number of rotatable bonds is 4. The Morgan fingerprint density at radius 1 is 0.857 bits per heavy atom. The Hall–Kier alpha value is -4.94. The number of furan rings is 1. The van der Waals surface area contributed by atoms with E-state index in [1.165, 1.54) is 0 Å². The fraction of sp³-hybridized carbons (Fsp3) is 0.114. The van der Waals surface area contributed by atoms with Crippen molar-refractivity contribution >= 4 is 51.8 Å². The van der Waals surface area contributed by atoms with E-state index in [4.69, 9.17) is 16.0 Å². The Bertz CT molecular complexity index is 1960. The maximum absolute atomic E-state index is 14.9. The van der Waals surface area contributed by atoms with Crippen molar-refractivity contribution in [2.75, 3.05) is 5.32 Å². The molecule has 7 heteroatoms. The summed E-state index contributed by atoms with van der Waals surface area (Å²) in [5, 5.41) is 4.11. The molecule has 1 fully saturated rings. The number of nitrogens with zero attached hydrogens (tertiary/aromatic N) is 1. The summed E-state index contributed by atoms with van der Waals surface area (Å²) in [6, 6.07) is 29.4. The number of fused-ring (bicyclic) bond motifs is 7. The molecular weight excluding hydrogens is 548 g/mol. The van der Waals surface area contributed by atoms with E-state index in [1.807, 2.05) is 83.9 Å². The molecule has 204 valence electrons. The maximum atomic E-state index is 14.9. The predicted molar refractivity (Wildman–Crippen MR) is 160 cm³/mol. The smallest absolute Gasteiger partial charge is 0.238 e. The summed E-state index contributed by atoms with van der Waals surface area (Å²) >= 11 is 6.57. The lowest BCUT2D eigenvalue weighted by Crippen LogP contribution is -2.49. The number of amides is 1. The minimum Gasteiger partial charge on any atom is -0.453 e. The molecule has 5 aromatic rings. The van der Waals surface area contributed by atoms with Gasteiger partial charge in [-0.25, -0.2) is 0 Å². The number of nitrogens with one attached hydrogen (secondary N) is 1. The number of Topliss-reactive ketones (excluding diaryl/α,β-unsaturated/α-hetero) is 2.